The van der Waals surface area contributed by atoms with Gasteiger partial charge in [0, 0.05) is 6.20 Å². The normalized spacial score (nSPS) is 10.0. The predicted molar refractivity (Wildman–Crippen MR) is 39.0 cm³/mol. The second kappa shape index (κ2) is 2.72. The van der Waals surface area contributed by atoms with E-state index in [0.717, 1.165) is 0 Å². The van der Waals surface area contributed by atoms with Crippen LogP contribution in [0.4, 0.5) is 4.39 Å². The van der Waals surface area contributed by atoms with Gasteiger partial charge in [-0.2, -0.15) is 4.39 Å². The minimum absolute atomic E-state index is 0.00694. The first-order valence-electron chi connectivity index (χ1n) is 2.59. The molecule has 0 bridgehead atoms. The van der Waals surface area contributed by atoms with Gasteiger partial charge in [0.2, 0.25) is 5.95 Å². The van der Waals surface area contributed by atoms with Gasteiger partial charge in [-0.25, -0.2) is 4.98 Å². The molecule has 0 aliphatic heterocycles. The Labute approximate surface area is 67.8 Å². The van der Waals surface area contributed by atoms with Crippen LogP contribution in [0.2, 0.25) is 10.0 Å². The predicted octanol–water partition coefficient (Wildman–Crippen LogP) is 2.84. The van der Waals surface area contributed by atoms with Crippen molar-refractivity contribution in [3.63, 3.8) is 0 Å². The molecule has 0 saturated heterocycles. The highest BCUT2D eigenvalue weighted by Crippen LogP contribution is 2.23. The van der Waals surface area contributed by atoms with Gasteiger partial charge in [0.15, 0.2) is 0 Å². The summed E-state index contributed by atoms with van der Waals surface area (Å²) in [6.07, 6.45) is 1.23. The Hall–Kier alpha value is -0.340. The van der Waals surface area contributed by atoms with Crippen molar-refractivity contribution in [1.82, 2.24) is 4.98 Å². The molecule has 4 heteroatoms. The van der Waals surface area contributed by atoms with E-state index in [4.69, 9.17) is 23.2 Å². The Morgan fingerprint density at radius 3 is 2.60 bits per heavy atom. The highest BCUT2D eigenvalue weighted by atomic mass is 35.5. The second-order valence-corrected chi connectivity index (χ2v) is 2.62. The quantitative estimate of drug-likeness (QED) is 0.559. The van der Waals surface area contributed by atoms with Crippen molar-refractivity contribution < 1.29 is 4.39 Å². The maximum atomic E-state index is 12.5. The largest absolute Gasteiger partial charge is 0.231 e. The van der Waals surface area contributed by atoms with Crippen LogP contribution >= 0.6 is 23.2 Å². The molecule has 1 rings (SSSR count). The van der Waals surface area contributed by atoms with Crippen LogP contribution in [0.5, 0.6) is 0 Å². The Kier molecular flexibility index (Phi) is 2.11. The molecule has 1 aromatic rings. The van der Waals surface area contributed by atoms with Crippen LogP contribution in [-0.4, -0.2) is 4.98 Å². The number of nitrogens with zero attached hydrogens (tertiary/aromatic N) is 1. The van der Waals surface area contributed by atoms with Crippen molar-refractivity contribution in [2.45, 2.75) is 6.92 Å². The molecule has 0 aliphatic carbocycles. The molecule has 0 fully saturated rings. The first-order valence-corrected chi connectivity index (χ1v) is 3.34. The van der Waals surface area contributed by atoms with Gasteiger partial charge in [0.25, 0.3) is 0 Å². The van der Waals surface area contributed by atoms with Crippen LogP contribution in [0.3, 0.4) is 0 Å². The van der Waals surface area contributed by atoms with Crippen molar-refractivity contribution in [1.29, 1.82) is 0 Å². The summed E-state index contributed by atoms with van der Waals surface area (Å²) in [4.78, 5) is 3.31. The molecule has 0 unspecified atom stereocenters. The Bertz CT molecular complexity index is 235. The number of hydrogen-bond donors (Lipinski definition) is 0. The minimum Gasteiger partial charge on any atom is -0.225 e. The van der Waals surface area contributed by atoms with Gasteiger partial charge in [0.1, 0.15) is 5.02 Å². The summed E-state index contributed by atoms with van der Waals surface area (Å²) in [5.74, 6) is -0.677. The molecular formula is C6H4Cl2FN. The fourth-order valence-corrected chi connectivity index (χ4v) is 0.869. The SMILES string of the molecule is Cc1c(Cl)cnc(F)c1Cl. The van der Waals surface area contributed by atoms with Gasteiger partial charge in [0.05, 0.1) is 5.02 Å². The number of hydrogen-bond acceptors (Lipinski definition) is 1. The van der Waals surface area contributed by atoms with E-state index >= 15 is 0 Å². The maximum Gasteiger partial charge on any atom is 0.231 e. The standard InChI is InChI=1S/C6H4Cl2FN/c1-3-4(7)2-10-6(9)5(3)8/h2H,1H3. The van der Waals surface area contributed by atoms with Gasteiger partial charge in [-0.05, 0) is 12.5 Å². The molecule has 0 aliphatic rings. The molecule has 0 aromatic carbocycles. The van der Waals surface area contributed by atoms with Crippen LogP contribution in [0, 0.1) is 12.9 Å². The summed E-state index contributed by atoms with van der Waals surface area (Å²) in [6, 6.07) is 0. The lowest BCUT2D eigenvalue weighted by atomic mass is 10.3. The zero-order valence-corrected chi connectivity index (χ0v) is 6.67. The Morgan fingerprint density at radius 2 is 2.10 bits per heavy atom. The third-order valence-corrected chi connectivity index (χ3v) is 1.98. The van der Waals surface area contributed by atoms with Crippen molar-refractivity contribution in [2.75, 3.05) is 0 Å². The molecule has 0 atom stereocenters. The van der Waals surface area contributed by atoms with E-state index < -0.39 is 5.95 Å². The highest BCUT2D eigenvalue weighted by Gasteiger charge is 2.06. The van der Waals surface area contributed by atoms with Gasteiger partial charge >= 0.3 is 0 Å². The smallest absolute Gasteiger partial charge is 0.225 e. The molecule has 1 nitrogen and oxygen atoms in total. The number of rotatable bonds is 0. The zero-order valence-electron chi connectivity index (χ0n) is 5.16. The van der Waals surface area contributed by atoms with E-state index in [-0.39, 0.29) is 5.02 Å². The average molecular weight is 180 g/mol. The summed E-state index contributed by atoms with van der Waals surface area (Å²) in [7, 11) is 0. The number of pyridine rings is 1. The van der Waals surface area contributed by atoms with E-state index in [9.17, 15) is 4.39 Å². The van der Waals surface area contributed by atoms with Gasteiger partial charge in [-0.1, -0.05) is 23.2 Å². The third kappa shape index (κ3) is 1.22. The summed E-state index contributed by atoms with van der Waals surface area (Å²) in [5.41, 5.74) is 0.524. The lowest BCUT2D eigenvalue weighted by Crippen LogP contribution is -1.87. The van der Waals surface area contributed by atoms with Gasteiger partial charge < -0.3 is 0 Å². The van der Waals surface area contributed by atoms with Gasteiger partial charge in [-0.15, -0.1) is 0 Å². The topological polar surface area (TPSA) is 12.9 Å². The zero-order chi connectivity index (χ0) is 7.72. The van der Waals surface area contributed by atoms with Crippen LogP contribution in [0.15, 0.2) is 6.20 Å². The fourth-order valence-electron chi connectivity index (χ4n) is 0.526. The van der Waals surface area contributed by atoms with E-state index in [1.54, 1.807) is 6.92 Å². The molecule has 0 N–H and O–H groups in total. The van der Waals surface area contributed by atoms with Gasteiger partial charge in [-0.3, -0.25) is 0 Å². The summed E-state index contributed by atoms with van der Waals surface area (Å²) < 4.78 is 12.5. The van der Waals surface area contributed by atoms with Crippen LogP contribution in [0.25, 0.3) is 0 Å². The molecule has 1 heterocycles. The molecule has 0 spiro atoms. The molecule has 0 saturated carbocycles. The molecule has 1 aromatic heterocycles. The van der Waals surface area contributed by atoms with E-state index in [1.165, 1.54) is 6.20 Å². The van der Waals surface area contributed by atoms with Crippen molar-refractivity contribution in [3.8, 4) is 0 Å². The average Bonchev–Trinajstić information content (AvgIpc) is 1.93. The third-order valence-electron chi connectivity index (χ3n) is 1.16. The van der Waals surface area contributed by atoms with E-state index in [0.29, 0.717) is 10.6 Å². The monoisotopic (exact) mass is 179 g/mol. The molecular weight excluding hydrogens is 176 g/mol. The van der Waals surface area contributed by atoms with Crippen LogP contribution in [0.1, 0.15) is 5.56 Å². The van der Waals surface area contributed by atoms with Crippen LogP contribution < -0.4 is 0 Å². The van der Waals surface area contributed by atoms with Crippen LogP contribution in [-0.2, 0) is 0 Å². The fraction of sp³-hybridized carbons (Fsp3) is 0.167. The summed E-state index contributed by atoms with van der Waals surface area (Å²) >= 11 is 11.0. The lowest BCUT2D eigenvalue weighted by Gasteiger charge is -1.98. The van der Waals surface area contributed by atoms with Crippen molar-refractivity contribution in [2.24, 2.45) is 0 Å². The molecule has 54 valence electrons. The van der Waals surface area contributed by atoms with Crippen molar-refractivity contribution >= 4 is 23.2 Å². The minimum atomic E-state index is -0.677. The maximum absolute atomic E-state index is 12.5. The van der Waals surface area contributed by atoms with Crippen molar-refractivity contribution in [3.05, 3.63) is 27.8 Å². The first kappa shape index (κ1) is 7.76. The highest BCUT2D eigenvalue weighted by molar-refractivity contribution is 6.35. The summed E-state index contributed by atoms with van der Waals surface area (Å²) in [6.45, 7) is 1.63. The number of halogens is 3. The van der Waals surface area contributed by atoms with E-state index in [1.807, 2.05) is 0 Å². The lowest BCUT2D eigenvalue weighted by molar-refractivity contribution is 0.583. The molecule has 0 radical (unpaired) electrons. The molecule has 10 heavy (non-hydrogen) atoms. The first-order chi connectivity index (χ1) is 4.63. The second-order valence-electron chi connectivity index (χ2n) is 1.84. The summed E-state index contributed by atoms with van der Waals surface area (Å²) in [5, 5.41) is 0.374. The Morgan fingerprint density at radius 1 is 1.50 bits per heavy atom. The van der Waals surface area contributed by atoms with E-state index in [2.05, 4.69) is 4.98 Å². The Balaban J connectivity index is 3.34. The number of aromatic nitrogens is 1. The molecule has 0 amide bonds.